The molecule has 0 atom stereocenters. The zero-order valence-corrected chi connectivity index (χ0v) is 11.9. The van der Waals surface area contributed by atoms with E-state index >= 15 is 0 Å². The van der Waals surface area contributed by atoms with Crippen molar-refractivity contribution in [2.24, 2.45) is 11.8 Å². The van der Waals surface area contributed by atoms with Crippen LogP contribution in [-0.2, 0) is 11.3 Å². The zero-order chi connectivity index (χ0) is 13.8. The third-order valence-corrected chi connectivity index (χ3v) is 4.38. The van der Waals surface area contributed by atoms with Crippen LogP contribution < -0.4 is 5.32 Å². The summed E-state index contributed by atoms with van der Waals surface area (Å²) in [5.74, 6) is 1.28. The fourth-order valence-corrected chi connectivity index (χ4v) is 2.83. The molecule has 4 heteroatoms. The molecular weight excluding hydrogens is 250 g/mol. The van der Waals surface area contributed by atoms with Crippen molar-refractivity contribution in [2.45, 2.75) is 32.2 Å². The topological polar surface area (TPSA) is 45.2 Å². The Balaban J connectivity index is 1.37. The van der Waals surface area contributed by atoms with Crippen LogP contribution in [-0.4, -0.2) is 35.4 Å². The van der Waals surface area contributed by atoms with Gasteiger partial charge in [-0.3, -0.25) is 14.7 Å². The molecule has 2 aliphatic rings. The summed E-state index contributed by atoms with van der Waals surface area (Å²) in [6.07, 6.45) is 8.28. The first-order valence-electron chi connectivity index (χ1n) is 7.70. The number of pyridine rings is 1. The van der Waals surface area contributed by atoms with Crippen molar-refractivity contribution in [2.75, 3.05) is 19.6 Å². The standard InChI is InChI=1S/C16H23N3O/c20-16(15-1-2-15)18-11-13-5-9-19(10-6-13)12-14-3-7-17-8-4-14/h3-4,7-8,13,15H,1-2,5-6,9-12H2,(H,18,20). The smallest absolute Gasteiger partial charge is 0.223 e. The van der Waals surface area contributed by atoms with Gasteiger partial charge in [-0.1, -0.05) is 0 Å². The molecule has 1 aliphatic carbocycles. The summed E-state index contributed by atoms with van der Waals surface area (Å²) in [7, 11) is 0. The second-order valence-corrected chi connectivity index (χ2v) is 6.09. The van der Waals surface area contributed by atoms with Crippen LogP contribution in [0.1, 0.15) is 31.2 Å². The Morgan fingerprint density at radius 3 is 2.55 bits per heavy atom. The highest BCUT2D eigenvalue weighted by Crippen LogP contribution is 2.29. The molecule has 2 heterocycles. The minimum Gasteiger partial charge on any atom is -0.356 e. The predicted molar refractivity (Wildman–Crippen MR) is 78.0 cm³/mol. The van der Waals surface area contributed by atoms with Gasteiger partial charge in [-0.2, -0.15) is 0 Å². The lowest BCUT2D eigenvalue weighted by atomic mass is 9.96. The van der Waals surface area contributed by atoms with Crippen LogP contribution in [0.5, 0.6) is 0 Å². The maximum atomic E-state index is 11.6. The molecule has 20 heavy (non-hydrogen) atoms. The molecule has 1 aliphatic heterocycles. The van der Waals surface area contributed by atoms with Crippen LogP contribution in [0.25, 0.3) is 0 Å². The van der Waals surface area contributed by atoms with Crippen LogP contribution in [0.2, 0.25) is 0 Å². The van der Waals surface area contributed by atoms with Crippen molar-refractivity contribution in [3.63, 3.8) is 0 Å². The van der Waals surface area contributed by atoms with Crippen LogP contribution in [0, 0.1) is 11.8 Å². The van der Waals surface area contributed by atoms with Gasteiger partial charge in [-0.25, -0.2) is 0 Å². The molecule has 1 aromatic heterocycles. The van der Waals surface area contributed by atoms with E-state index in [-0.39, 0.29) is 5.91 Å². The van der Waals surface area contributed by atoms with Crippen molar-refractivity contribution in [1.82, 2.24) is 15.2 Å². The fourth-order valence-electron chi connectivity index (χ4n) is 2.83. The lowest BCUT2D eigenvalue weighted by Crippen LogP contribution is -2.38. The summed E-state index contributed by atoms with van der Waals surface area (Å²) in [5.41, 5.74) is 1.33. The van der Waals surface area contributed by atoms with E-state index in [0.29, 0.717) is 11.8 Å². The molecule has 0 unspecified atom stereocenters. The number of nitrogens with one attached hydrogen (secondary N) is 1. The van der Waals surface area contributed by atoms with Crippen molar-refractivity contribution in [1.29, 1.82) is 0 Å². The number of amides is 1. The van der Waals surface area contributed by atoms with Crippen molar-refractivity contribution >= 4 is 5.91 Å². The first kappa shape index (κ1) is 13.6. The van der Waals surface area contributed by atoms with Crippen molar-refractivity contribution < 1.29 is 4.79 Å². The van der Waals surface area contributed by atoms with Gasteiger partial charge in [0.1, 0.15) is 0 Å². The fraction of sp³-hybridized carbons (Fsp3) is 0.625. The Hall–Kier alpha value is -1.42. The van der Waals surface area contributed by atoms with E-state index in [4.69, 9.17) is 0 Å². The molecule has 4 nitrogen and oxygen atoms in total. The van der Waals surface area contributed by atoms with E-state index in [1.165, 1.54) is 18.4 Å². The minimum absolute atomic E-state index is 0.282. The first-order chi connectivity index (χ1) is 9.81. The number of hydrogen-bond donors (Lipinski definition) is 1. The number of carbonyl (C=O) groups is 1. The van der Waals surface area contributed by atoms with Gasteiger partial charge in [0, 0.05) is 31.4 Å². The van der Waals surface area contributed by atoms with E-state index in [0.717, 1.165) is 39.0 Å². The molecule has 108 valence electrons. The number of nitrogens with zero attached hydrogens (tertiary/aromatic N) is 2. The molecule has 1 N–H and O–H groups in total. The van der Waals surface area contributed by atoms with Gasteiger partial charge in [0.25, 0.3) is 0 Å². The average Bonchev–Trinajstić information content (AvgIpc) is 3.32. The van der Waals surface area contributed by atoms with Crippen molar-refractivity contribution in [3.8, 4) is 0 Å². The van der Waals surface area contributed by atoms with E-state index < -0.39 is 0 Å². The van der Waals surface area contributed by atoms with Gasteiger partial charge < -0.3 is 5.32 Å². The quantitative estimate of drug-likeness (QED) is 0.890. The lowest BCUT2D eigenvalue weighted by Gasteiger charge is -2.32. The molecule has 0 aromatic carbocycles. The summed E-state index contributed by atoms with van der Waals surface area (Å²) < 4.78 is 0. The Morgan fingerprint density at radius 2 is 1.90 bits per heavy atom. The highest BCUT2D eigenvalue weighted by Gasteiger charge is 2.30. The molecule has 1 aromatic rings. The molecule has 0 spiro atoms. The highest BCUT2D eigenvalue weighted by atomic mass is 16.2. The average molecular weight is 273 g/mol. The maximum Gasteiger partial charge on any atom is 0.223 e. The second kappa shape index (κ2) is 6.35. The molecule has 1 saturated heterocycles. The number of aromatic nitrogens is 1. The number of likely N-dealkylation sites (tertiary alicyclic amines) is 1. The molecular formula is C16H23N3O. The summed E-state index contributed by atoms with van der Waals surface area (Å²) in [6, 6.07) is 4.17. The lowest BCUT2D eigenvalue weighted by molar-refractivity contribution is -0.122. The molecule has 0 bridgehead atoms. The van der Waals surface area contributed by atoms with E-state index in [9.17, 15) is 4.79 Å². The van der Waals surface area contributed by atoms with Crippen LogP contribution >= 0.6 is 0 Å². The van der Waals surface area contributed by atoms with Crippen LogP contribution in [0.3, 0.4) is 0 Å². The van der Waals surface area contributed by atoms with E-state index in [1.807, 2.05) is 12.4 Å². The Labute approximate surface area is 120 Å². The number of carbonyl (C=O) groups excluding carboxylic acids is 1. The third kappa shape index (κ3) is 3.79. The largest absolute Gasteiger partial charge is 0.356 e. The first-order valence-corrected chi connectivity index (χ1v) is 7.70. The van der Waals surface area contributed by atoms with Crippen molar-refractivity contribution in [3.05, 3.63) is 30.1 Å². The van der Waals surface area contributed by atoms with Gasteiger partial charge in [0.2, 0.25) is 5.91 Å². The summed E-state index contributed by atoms with van der Waals surface area (Å²) in [4.78, 5) is 18.2. The monoisotopic (exact) mass is 273 g/mol. The van der Waals surface area contributed by atoms with Gasteiger partial charge >= 0.3 is 0 Å². The predicted octanol–water partition coefficient (Wildman–Crippen LogP) is 1.82. The normalized spacial score (nSPS) is 20.8. The maximum absolute atomic E-state index is 11.6. The molecule has 3 rings (SSSR count). The van der Waals surface area contributed by atoms with Gasteiger partial charge in [-0.15, -0.1) is 0 Å². The van der Waals surface area contributed by atoms with E-state index in [2.05, 4.69) is 27.3 Å². The SMILES string of the molecule is O=C(NCC1CCN(Cc2ccncc2)CC1)C1CC1. The van der Waals surface area contributed by atoms with Gasteiger partial charge in [0.15, 0.2) is 0 Å². The highest BCUT2D eigenvalue weighted by molar-refractivity contribution is 5.80. The van der Waals surface area contributed by atoms with Gasteiger partial charge in [-0.05, 0) is 62.4 Å². The molecule has 1 amide bonds. The Morgan fingerprint density at radius 1 is 1.20 bits per heavy atom. The summed E-state index contributed by atoms with van der Waals surface area (Å²) in [6.45, 7) is 4.15. The number of rotatable bonds is 5. The van der Waals surface area contributed by atoms with E-state index in [1.54, 1.807) is 0 Å². The van der Waals surface area contributed by atoms with Gasteiger partial charge in [0.05, 0.1) is 0 Å². The molecule has 1 saturated carbocycles. The zero-order valence-electron chi connectivity index (χ0n) is 11.9. The molecule has 2 fully saturated rings. The Bertz CT molecular complexity index is 436. The number of piperidine rings is 1. The summed E-state index contributed by atoms with van der Waals surface area (Å²) >= 11 is 0. The minimum atomic E-state index is 0.282. The van der Waals surface area contributed by atoms with Crippen LogP contribution in [0.15, 0.2) is 24.5 Å². The summed E-state index contributed by atoms with van der Waals surface area (Å²) in [5, 5.41) is 3.11. The third-order valence-electron chi connectivity index (χ3n) is 4.38. The molecule has 0 radical (unpaired) electrons. The second-order valence-electron chi connectivity index (χ2n) is 6.09. The number of hydrogen-bond acceptors (Lipinski definition) is 3. The Kier molecular flexibility index (Phi) is 4.31. The van der Waals surface area contributed by atoms with Crippen LogP contribution in [0.4, 0.5) is 0 Å².